The lowest BCUT2D eigenvalue weighted by atomic mass is 10.2. The van der Waals surface area contributed by atoms with Gasteiger partial charge >= 0.3 is 5.97 Å². The Bertz CT molecular complexity index is 883. The summed E-state index contributed by atoms with van der Waals surface area (Å²) in [7, 11) is -1.74. The molecule has 2 aromatic rings. The van der Waals surface area contributed by atoms with Gasteiger partial charge in [0.25, 0.3) is 10.0 Å². The van der Waals surface area contributed by atoms with Crippen LogP contribution in [0.5, 0.6) is 5.75 Å². The normalized spacial score (nSPS) is 11.0. The molecule has 0 fully saturated rings. The molecule has 0 radical (unpaired) electrons. The highest BCUT2D eigenvalue weighted by atomic mass is 32.2. The van der Waals surface area contributed by atoms with Crippen LogP contribution < -0.4 is 9.46 Å². The molecule has 0 saturated carbocycles. The van der Waals surface area contributed by atoms with Crippen LogP contribution in [0.4, 0.5) is 14.5 Å². The molecule has 0 aliphatic carbocycles. The lowest BCUT2D eigenvalue weighted by Gasteiger charge is -2.13. The molecular formula is C15H13F2NO5S. The number of esters is 1. The molecule has 1 N–H and O–H groups in total. The van der Waals surface area contributed by atoms with Crippen molar-refractivity contribution in [1.29, 1.82) is 0 Å². The van der Waals surface area contributed by atoms with Crippen LogP contribution in [0.2, 0.25) is 0 Å². The van der Waals surface area contributed by atoms with Gasteiger partial charge in [0.1, 0.15) is 5.75 Å². The second-order valence-electron chi connectivity index (χ2n) is 4.59. The van der Waals surface area contributed by atoms with E-state index in [9.17, 15) is 22.0 Å². The second kappa shape index (κ2) is 6.83. The fourth-order valence-corrected chi connectivity index (χ4v) is 2.95. The first kappa shape index (κ1) is 17.7. The third-order valence-electron chi connectivity index (χ3n) is 3.07. The van der Waals surface area contributed by atoms with Crippen LogP contribution in [0.1, 0.15) is 10.4 Å². The Morgan fingerprint density at radius 2 is 1.75 bits per heavy atom. The maximum absolute atomic E-state index is 13.3. The van der Waals surface area contributed by atoms with Gasteiger partial charge in [0.15, 0.2) is 11.6 Å². The summed E-state index contributed by atoms with van der Waals surface area (Å²) in [5, 5.41) is 0. The molecular weight excluding hydrogens is 344 g/mol. The highest BCUT2D eigenvalue weighted by molar-refractivity contribution is 7.92. The standard InChI is InChI=1S/C15H13F2NO5S/c1-22-14-6-3-9(15(19)23-2)7-13(14)18-24(20,21)10-4-5-11(16)12(17)8-10/h3-8,18H,1-2H3. The molecule has 2 aromatic carbocycles. The number of benzene rings is 2. The number of sulfonamides is 1. The molecule has 6 nitrogen and oxygen atoms in total. The summed E-state index contributed by atoms with van der Waals surface area (Å²) in [6, 6.07) is 6.13. The Labute approximate surface area is 137 Å². The van der Waals surface area contributed by atoms with Gasteiger partial charge in [-0.25, -0.2) is 22.0 Å². The minimum absolute atomic E-state index is 0.0508. The summed E-state index contributed by atoms with van der Waals surface area (Å²) < 4.78 is 62.6. The molecule has 0 aliphatic rings. The van der Waals surface area contributed by atoms with E-state index in [0.29, 0.717) is 12.1 Å². The highest BCUT2D eigenvalue weighted by Crippen LogP contribution is 2.28. The van der Waals surface area contributed by atoms with Crippen LogP contribution in [0, 0.1) is 11.6 Å². The first-order chi connectivity index (χ1) is 11.3. The number of halogens is 2. The van der Waals surface area contributed by atoms with E-state index in [-0.39, 0.29) is 17.0 Å². The van der Waals surface area contributed by atoms with Gasteiger partial charge in [-0.2, -0.15) is 0 Å². The molecule has 0 amide bonds. The third-order valence-corrected chi connectivity index (χ3v) is 4.43. The van der Waals surface area contributed by atoms with Gasteiger partial charge in [-0.1, -0.05) is 0 Å². The zero-order valence-corrected chi connectivity index (χ0v) is 13.5. The molecule has 9 heteroatoms. The van der Waals surface area contributed by atoms with E-state index in [1.807, 2.05) is 0 Å². The van der Waals surface area contributed by atoms with E-state index in [2.05, 4.69) is 9.46 Å². The molecule has 0 aromatic heterocycles. The van der Waals surface area contributed by atoms with Crippen molar-refractivity contribution in [3.8, 4) is 5.75 Å². The number of ether oxygens (including phenoxy) is 2. The van der Waals surface area contributed by atoms with Gasteiger partial charge in [0.2, 0.25) is 0 Å². The fraction of sp³-hybridized carbons (Fsp3) is 0.133. The lowest BCUT2D eigenvalue weighted by molar-refractivity contribution is 0.0600. The van der Waals surface area contributed by atoms with Crippen LogP contribution in [0.15, 0.2) is 41.3 Å². The smallest absolute Gasteiger partial charge is 0.337 e. The summed E-state index contributed by atoms with van der Waals surface area (Å²) in [4.78, 5) is 11.1. The summed E-state index contributed by atoms with van der Waals surface area (Å²) in [5.41, 5.74) is 0.0337. The first-order valence-corrected chi connectivity index (χ1v) is 8.01. The number of carbonyl (C=O) groups excluding carboxylic acids is 1. The Balaban J connectivity index is 2.44. The Kier molecular flexibility index (Phi) is 5.03. The number of carbonyl (C=O) groups is 1. The van der Waals surface area contributed by atoms with Gasteiger partial charge < -0.3 is 9.47 Å². The van der Waals surface area contributed by atoms with Crippen LogP contribution in [0.3, 0.4) is 0 Å². The minimum Gasteiger partial charge on any atom is -0.495 e. The van der Waals surface area contributed by atoms with Crippen molar-refractivity contribution < 1.29 is 31.5 Å². The monoisotopic (exact) mass is 357 g/mol. The summed E-state index contributed by atoms with van der Waals surface area (Å²) in [6.45, 7) is 0. The van der Waals surface area contributed by atoms with Gasteiger partial charge in [-0.05, 0) is 36.4 Å². The predicted molar refractivity (Wildman–Crippen MR) is 81.5 cm³/mol. The van der Waals surface area contributed by atoms with Crippen molar-refractivity contribution in [2.45, 2.75) is 4.90 Å². The average Bonchev–Trinajstić information content (AvgIpc) is 2.56. The molecule has 0 spiro atoms. The Morgan fingerprint density at radius 3 is 2.33 bits per heavy atom. The van der Waals surface area contributed by atoms with E-state index in [4.69, 9.17) is 4.74 Å². The predicted octanol–water partition coefficient (Wildman–Crippen LogP) is 2.56. The molecule has 0 bridgehead atoms. The molecule has 128 valence electrons. The van der Waals surface area contributed by atoms with Crippen LogP contribution in [-0.4, -0.2) is 28.6 Å². The maximum Gasteiger partial charge on any atom is 0.337 e. The van der Waals surface area contributed by atoms with Gasteiger partial charge in [-0.15, -0.1) is 0 Å². The Morgan fingerprint density at radius 1 is 1.04 bits per heavy atom. The van der Waals surface area contributed by atoms with Crippen molar-refractivity contribution in [1.82, 2.24) is 0 Å². The number of anilines is 1. The highest BCUT2D eigenvalue weighted by Gasteiger charge is 2.20. The second-order valence-corrected chi connectivity index (χ2v) is 6.27. The first-order valence-electron chi connectivity index (χ1n) is 6.52. The molecule has 0 heterocycles. The molecule has 2 rings (SSSR count). The van der Waals surface area contributed by atoms with E-state index in [0.717, 1.165) is 6.07 Å². The molecule has 0 atom stereocenters. The Hall–Kier alpha value is -2.68. The van der Waals surface area contributed by atoms with Crippen LogP contribution in [0.25, 0.3) is 0 Å². The molecule has 0 saturated heterocycles. The molecule has 0 aliphatic heterocycles. The lowest BCUT2D eigenvalue weighted by Crippen LogP contribution is -2.15. The van der Waals surface area contributed by atoms with E-state index >= 15 is 0 Å². The van der Waals surface area contributed by atoms with Gasteiger partial charge in [0.05, 0.1) is 30.4 Å². The number of methoxy groups -OCH3 is 2. The summed E-state index contributed by atoms with van der Waals surface area (Å²) in [5.74, 6) is -3.01. The quantitative estimate of drug-likeness (QED) is 0.832. The van der Waals surface area contributed by atoms with Crippen LogP contribution in [-0.2, 0) is 14.8 Å². The van der Waals surface area contributed by atoms with E-state index in [1.165, 1.54) is 32.4 Å². The zero-order chi connectivity index (χ0) is 17.9. The van der Waals surface area contributed by atoms with Gasteiger partial charge in [-0.3, -0.25) is 4.72 Å². The van der Waals surface area contributed by atoms with Gasteiger partial charge in [0, 0.05) is 0 Å². The molecule has 24 heavy (non-hydrogen) atoms. The van der Waals surface area contributed by atoms with Crippen molar-refractivity contribution in [2.24, 2.45) is 0 Å². The van der Waals surface area contributed by atoms with Crippen molar-refractivity contribution in [2.75, 3.05) is 18.9 Å². The van der Waals surface area contributed by atoms with Crippen molar-refractivity contribution in [3.05, 3.63) is 53.6 Å². The summed E-state index contributed by atoms with van der Waals surface area (Å²) in [6.07, 6.45) is 0. The number of nitrogens with one attached hydrogen (secondary N) is 1. The average molecular weight is 357 g/mol. The number of hydrogen-bond acceptors (Lipinski definition) is 5. The topological polar surface area (TPSA) is 81.7 Å². The van der Waals surface area contributed by atoms with Crippen molar-refractivity contribution in [3.63, 3.8) is 0 Å². The van der Waals surface area contributed by atoms with E-state index in [1.54, 1.807) is 0 Å². The van der Waals surface area contributed by atoms with E-state index < -0.39 is 32.5 Å². The minimum atomic E-state index is -4.22. The zero-order valence-electron chi connectivity index (χ0n) is 12.7. The van der Waals surface area contributed by atoms with Crippen LogP contribution >= 0.6 is 0 Å². The number of rotatable bonds is 5. The van der Waals surface area contributed by atoms with Crippen molar-refractivity contribution >= 4 is 21.7 Å². The third kappa shape index (κ3) is 3.62. The maximum atomic E-state index is 13.3. The molecule has 0 unspecified atom stereocenters. The SMILES string of the molecule is COC(=O)c1ccc(OC)c(NS(=O)(=O)c2ccc(F)c(F)c2)c1. The number of hydrogen-bond donors (Lipinski definition) is 1. The fourth-order valence-electron chi connectivity index (χ4n) is 1.88. The summed E-state index contributed by atoms with van der Waals surface area (Å²) >= 11 is 0. The largest absolute Gasteiger partial charge is 0.495 e.